The molecule has 0 saturated carbocycles. The number of halogens is 3. The van der Waals surface area contributed by atoms with Gasteiger partial charge < -0.3 is 19.9 Å². The van der Waals surface area contributed by atoms with Crippen LogP contribution in [0.3, 0.4) is 0 Å². The molecule has 0 radical (unpaired) electrons. The van der Waals surface area contributed by atoms with E-state index in [1.54, 1.807) is 24.3 Å². The highest BCUT2D eigenvalue weighted by atomic mass is 35.5. The molecule has 2 aromatic carbocycles. The van der Waals surface area contributed by atoms with Gasteiger partial charge in [0.25, 0.3) is 0 Å². The summed E-state index contributed by atoms with van der Waals surface area (Å²) < 4.78 is 20.3. The number of carbonyl (C=O) groups excluding carboxylic acids is 2. The number of anilines is 2. The minimum atomic E-state index is -0.554. The fraction of sp³-hybridized carbons (Fsp3) is 0.375. The Kier molecular flexibility index (Phi) is 6.92. The predicted octanol–water partition coefficient (Wildman–Crippen LogP) is 3.79. The number of rotatable bonds is 6. The Balaban J connectivity index is 1.18. The van der Waals surface area contributed by atoms with E-state index in [0.29, 0.717) is 41.1 Å². The lowest BCUT2D eigenvalue weighted by atomic mass is 10.2. The van der Waals surface area contributed by atoms with Gasteiger partial charge in [-0.15, -0.1) is 0 Å². The largest absolute Gasteiger partial charge is 0.442 e. The molecule has 12 heteroatoms. The summed E-state index contributed by atoms with van der Waals surface area (Å²) in [6.07, 6.45) is -1.03. The van der Waals surface area contributed by atoms with Gasteiger partial charge in [-0.1, -0.05) is 23.2 Å². The third-order valence-corrected chi connectivity index (χ3v) is 7.08. The van der Waals surface area contributed by atoms with Crippen LogP contribution < -0.4 is 15.1 Å². The minimum absolute atomic E-state index is 0.201. The Morgan fingerprint density at radius 2 is 1.94 bits per heavy atom. The van der Waals surface area contributed by atoms with Crippen molar-refractivity contribution in [3.8, 4) is 0 Å². The van der Waals surface area contributed by atoms with Crippen molar-refractivity contribution >= 4 is 57.6 Å². The lowest BCUT2D eigenvalue weighted by molar-refractivity contribution is -0.119. The molecule has 3 heterocycles. The first-order chi connectivity index (χ1) is 17.3. The van der Waals surface area contributed by atoms with Crippen molar-refractivity contribution in [3.63, 3.8) is 0 Å². The fourth-order valence-electron chi connectivity index (χ4n) is 4.51. The molecule has 36 heavy (non-hydrogen) atoms. The molecular formula is C24H25Cl2FN6O3. The van der Waals surface area contributed by atoms with Crippen molar-refractivity contribution in [1.29, 1.82) is 0 Å². The van der Waals surface area contributed by atoms with Crippen molar-refractivity contribution in [2.24, 2.45) is 0 Å². The maximum atomic E-state index is 15.1. The second-order valence-electron chi connectivity index (χ2n) is 8.92. The molecular weight excluding hydrogens is 510 g/mol. The summed E-state index contributed by atoms with van der Waals surface area (Å²) in [6, 6.07) is 8.28. The van der Waals surface area contributed by atoms with Crippen molar-refractivity contribution in [2.45, 2.75) is 19.6 Å². The highest BCUT2D eigenvalue weighted by molar-refractivity contribution is 6.42. The molecule has 5 rings (SSSR count). The third-order valence-electron chi connectivity index (χ3n) is 6.36. The zero-order chi connectivity index (χ0) is 25.4. The molecule has 190 valence electrons. The SMILES string of the molecule is CC(=O)NCC1CN(c2ccc(N3CCN(Cc4nc5cc(Cl)c(Cl)cc5[nH]4)CC3)c(F)c2)C(=O)O1. The Bertz CT molecular complexity index is 1270. The number of hydrogen-bond donors (Lipinski definition) is 2. The Hall–Kier alpha value is -3.08. The molecule has 2 amide bonds. The average Bonchev–Trinajstić information content (AvgIpc) is 3.40. The van der Waals surface area contributed by atoms with E-state index in [4.69, 9.17) is 27.9 Å². The Labute approximate surface area is 217 Å². The summed E-state index contributed by atoms with van der Waals surface area (Å²) in [7, 11) is 0. The standard InChI is InChI=1S/C24H25Cl2FN6O3/c1-14(34)28-11-16-12-33(24(35)36-16)15-2-3-22(19(27)8-15)32-6-4-31(5-7-32)13-23-29-20-9-17(25)18(26)10-21(20)30-23/h2-3,8-10,16H,4-7,11-13H2,1H3,(H,28,34)(H,29,30). The van der Waals surface area contributed by atoms with Crippen LogP contribution >= 0.6 is 23.2 Å². The molecule has 2 N–H and O–H groups in total. The number of nitrogens with zero attached hydrogens (tertiary/aromatic N) is 4. The molecule has 2 fully saturated rings. The van der Waals surface area contributed by atoms with E-state index in [1.807, 2.05) is 4.90 Å². The van der Waals surface area contributed by atoms with Gasteiger partial charge in [-0.3, -0.25) is 14.6 Å². The molecule has 2 saturated heterocycles. The van der Waals surface area contributed by atoms with Crippen LogP contribution in [-0.2, 0) is 16.1 Å². The first-order valence-corrected chi connectivity index (χ1v) is 12.4. The molecule has 3 aromatic rings. The summed E-state index contributed by atoms with van der Waals surface area (Å²) in [6.45, 7) is 5.28. The number of ether oxygens (including phenoxy) is 1. The van der Waals surface area contributed by atoms with E-state index < -0.39 is 18.0 Å². The van der Waals surface area contributed by atoms with E-state index in [9.17, 15) is 9.59 Å². The van der Waals surface area contributed by atoms with Crippen LogP contribution in [0.5, 0.6) is 0 Å². The molecule has 0 spiro atoms. The van der Waals surface area contributed by atoms with Gasteiger partial charge in [0.2, 0.25) is 5.91 Å². The van der Waals surface area contributed by atoms with Gasteiger partial charge in [-0.25, -0.2) is 14.2 Å². The van der Waals surface area contributed by atoms with Gasteiger partial charge in [-0.05, 0) is 30.3 Å². The zero-order valence-electron chi connectivity index (χ0n) is 19.6. The van der Waals surface area contributed by atoms with Gasteiger partial charge >= 0.3 is 6.09 Å². The molecule has 1 unspecified atom stereocenters. The maximum Gasteiger partial charge on any atom is 0.414 e. The fourth-order valence-corrected chi connectivity index (χ4v) is 4.83. The van der Waals surface area contributed by atoms with Crippen molar-refractivity contribution in [3.05, 3.63) is 52.0 Å². The number of imidazole rings is 1. The number of aromatic nitrogens is 2. The molecule has 9 nitrogen and oxygen atoms in total. The van der Waals surface area contributed by atoms with Gasteiger partial charge in [0.15, 0.2) is 0 Å². The highest BCUT2D eigenvalue weighted by Gasteiger charge is 2.33. The molecule has 1 atom stereocenters. The van der Waals surface area contributed by atoms with Crippen LogP contribution in [0.25, 0.3) is 11.0 Å². The summed E-state index contributed by atoms with van der Waals surface area (Å²) >= 11 is 12.2. The van der Waals surface area contributed by atoms with Crippen LogP contribution in [0.4, 0.5) is 20.6 Å². The number of cyclic esters (lactones) is 1. The van der Waals surface area contributed by atoms with Gasteiger partial charge in [-0.2, -0.15) is 0 Å². The molecule has 1 aromatic heterocycles. The van der Waals surface area contributed by atoms with Gasteiger partial charge in [0.05, 0.1) is 52.1 Å². The van der Waals surface area contributed by atoms with Crippen molar-refractivity contribution < 1.29 is 18.7 Å². The minimum Gasteiger partial charge on any atom is -0.442 e. The van der Waals surface area contributed by atoms with Crippen molar-refractivity contribution in [2.75, 3.05) is 49.1 Å². The van der Waals surface area contributed by atoms with E-state index in [-0.39, 0.29) is 19.0 Å². The Morgan fingerprint density at radius 1 is 1.19 bits per heavy atom. The smallest absolute Gasteiger partial charge is 0.414 e. The first kappa shape index (κ1) is 24.6. The molecule has 0 aliphatic carbocycles. The highest BCUT2D eigenvalue weighted by Crippen LogP contribution is 2.29. The zero-order valence-corrected chi connectivity index (χ0v) is 21.1. The number of benzene rings is 2. The predicted molar refractivity (Wildman–Crippen MR) is 136 cm³/mol. The number of nitrogens with one attached hydrogen (secondary N) is 2. The van der Waals surface area contributed by atoms with E-state index in [0.717, 1.165) is 29.9 Å². The average molecular weight is 535 g/mol. The lowest BCUT2D eigenvalue weighted by Gasteiger charge is -2.36. The Morgan fingerprint density at radius 3 is 2.67 bits per heavy atom. The molecule has 2 aliphatic rings. The normalized spacial score (nSPS) is 18.7. The van der Waals surface area contributed by atoms with Crippen LogP contribution in [0, 0.1) is 5.82 Å². The number of carbonyl (C=O) groups is 2. The van der Waals surface area contributed by atoms with Gasteiger partial charge in [0.1, 0.15) is 17.7 Å². The van der Waals surface area contributed by atoms with Crippen molar-refractivity contribution in [1.82, 2.24) is 20.2 Å². The van der Waals surface area contributed by atoms with Crippen LogP contribution in [-0.4, -0.2) is 72.2 Å². The maximum absolute atomic E-state index is 15.1. The summed E-state index contributed by atoms with van der Waals surface area (Å²) in [4.78, 5) is 36.8. The second-order valence-corrected chi connectivity index (χ2v) is 9.73. The summed E-state index contributed by atoms with van der Waals surface area (Å²) in [5.41, 5.74) is 2.52. The van der Waals surface area contributed by atoms with E-state index >= 15 is 4.39 Å². The monoisotopic (exact) mass is 534 g/mol. The quantitative estimate of drug-likeness (QED) is 0.499. The summed E-state index contributed by atoms with van der Waals surface area (Å²) in [5.74, 6) is 0.221. The topological polar surface area (TPSA) is 93.8 Å². The number of aromatic amines is 1. The summed E-state index contributed by atoms with van der Waals surface area (Å²) in [5, 5.41) is 3.58. The van der Waals surface area contributed by atoms with Crippen LogP contribution in [0.2, 0.25) is 10.0 Å². The second kappa shape index (κ2) is 10.1. The first-order valence-electron chi connectivity index (χ1n) is 11.6. The van der Waals surface area contributed by atoms with E-state index in [1.165, 1.54) is 17.9 Å². The number of fused-ring (bicyclic) bond motifs is 1. The third kappa shape index (κ3) is 5.21. The van der Waals surface area contributed by atoms with Gasteiger partial charge in [0, 0.05) is 33.1 Å². The number of hydrogen-bond acceptors (Lipinski definition) is 6. The van der Waals surface area contributed by atoms with E-state index in [2.05, 4.69) is 20.2 Å². The van der Waals surface area contributed by atoms with Crippen LogP contribution in [0.15, 0.2) is 30.3 Å². The number of amides is 2. The number of H-pyrrole nitrogens is 1. The molecule has 0 bridgehead atoms. The molecule has 2 aliphatic heterocycles. The lowest BCUT2D eigenvalue weighted by Crippen LogP contribution is -2.46. The number of piperazine rings is 1. The van der Waals surface area contributed by atoms with Crippen LogP contribution in [0.1, 0.15) is 12.7 Å².